The molecule has 2 aromatic carbocycles. The van der Waals surface area contributed by atoms with Crippen molar-refractivity contribution in [1.29, 1.82) is 0 Å². The number of carboxylic acid groups (broad SMARTS) is 1. The van der Waals surface area contributed by atoms with Crippen LogP contribution in [0.5, 0.6) is 0 Å². The lowest BCUT2D eigenvalue weighted by atomic mass is 10.1. The summed E-state index contributed by atoms with van der Waals surface area (Å²) in [7, 11) is 0. The normalized spacial score (nSPS) is 11.0. The van der Waals surface area contributed by atoms with E-state index in [-0.39, 0.29) is 4.88 Å². The van der Waals surface area contributed by atoms with E-state index in [1.807, 2.05) is 73.0 Å². The Morgan fingerprint density at radius 2 is 1.79 bits per heavy atom. The van der Waals surface area contributed by atoms with Crippen molar-refractivity contribution in [3.8, 4) is 11.3 Å². The molecule has 0 fully saturated rings. The molecule has 3 rings (SSSR count). The molecular formula is C19H14NO2S2-. The second kappa shape index (κ2) is 7.47. The standard InChI is InChI=1S/C19H15NO2S2/c1-23-15-10-7-13(8-11-15)9-12-16-20-17(18(24-16)19(21)22)14-5-3-2-4-6-14/h2-12H,1H3,(H,21,22)/p-1/b12-9+. The maximum absolute atomic E-state index is 11.4. The predicted molar refractivity (Wildman–Crippen MR) is 99.0 cm³/mol. The quantitative estimate of drug-likeness (QED) is 0.650. The van der Waals surface area contributed by atoms with Crippen LogP contribution >= 0.6 is 23.1 Å². The van der Waals surface area contributed by atoms with Crippen LogP contribution in [-0.4, -0.2) is 17.2 Å². The number of aromatic nitrogens is 1. The van der Waals surface area contributed by atoms with Gasteiger partial charge in [-0.2, -0.15) is 0 Å². The third kappa shape index (κ3) is 3.75. The van der Waals surface area contributed by atoms with Crippen molar-refractivity contribution in [3.05, 3.63) is 70.0 Å². The number of benzene rings is 2. The first-order valence-electron chi connectivity index (χ1n) is 7.27. The second-order valence-electron chi connectivity index (χ2n) is 4.99. The molecule has 3 nitrogen and oxygen atoms in total. The topological polar surface area (TPSA) is 53.0 Å². The largest absolute Gasteiger partial charge is 0.544 e. The molecule has 1 heterocycles. The first-order valence-corrected chi connectivity index (χ1v) is 9.31. The van der Waals surface area contributed by atoms with Crippen LogP contribution in [0.1, 0.15) is 20.2 Å². The zero-order chi connectivity index (χ0) is 16.9. The van der Waals surface area contributed by atoms with Crippen molar-refractivity contribution in [2.75, 3.05) is 6.26 Å². The van der Waals surface area contributed by atoms with Gasteiger partial charge in [-0.3, -0.25) is 0 Å². The molecule has 5 heteroatoms. The number of rotatable bonds is 5. The summed E-state index contributed by atoms with van der Waals surface area (Å²) in [5.41, 5.74) is 2.27. The first-order chi connectivity index (χ1) is 11.7. The van der Waals surface area contributed by atoms with E-state index >= 15 is 0 Å². The van der Waals surface area contributed by atoms with Gasteiger partial charge >= 0.3 is 0 Å². The molecule has 120 valence electrons. The van der Waals surface area contributed by atoms with E-state index in [0.717, 1.165) is 22.5 Å². The Morgan fingerprint density at radius 1 is 1.08 bits per heavy atom. The zero-order valence-corrected chi connectivity index (χ0v) is 14.6. The van der Waals surface area contributed by atoms with Crippen LogP contribution < -0.4 is 5.11 Å². The first kappa shape index (κ1) is 16.5. The van der Waals surface area contributed by atoms with E-state index in [9.17, 15) is 9.90 Å². The van der Waals surface area contributed by atoms with Crippen molar-refractivity contribution < 1.29 is 9.90 Å². The number of carbonyl (C=O) groups excluding carboxylic acids is 1. The fourth-order valence-electron chi connectivity index (χ4n) is 2.22. The Kier molecular flexibility index (Phi) is 5.13. The van der Waals surface area contributed by atoms with Gasteiger partial charge in [0.15, 0.2) is 0 Å². The highest BCUT2D eigenvalue weighted by Crippen LogP contribution is 2.29. The molecular weight excluding hydrogens is 338 g/mol. The lowest BCUT2D eigenvalue weighted by Gasteiger charge is -2.01. The van der Waals surface area contributed by atoms with Crippen LogP contribution in [0.4, 0.5) is 0 Å². The van der Waals surface area contributed by atoms with Crippen molar-refractivity contribution >= 4 is 41.2 Å². The second-order valence-corrected chi connectivity index (χ2v) is 6.90. The molecule has 0 spiro atoms. The highest BCUT2D eigenvalue weighted by molar-refractivity contribution is 7.98. The van der Waals surface area contributed by atoms with Crippen LogP contribution in [-0.2, 0) is 0 Å². The van der Waals surface area contributed by atoms with Gasteiger partial charge in [0.1, 0.15) is 5.01 Å². The predicted octanol–water partition coefficient (Wildman–Crippen LogP) is 4.07. The fourth-order valence-corrected chi connectivity index (χ4v) is 3.45. The Bertz CT molecular complexity index is 868. The van der Waals surface area contributed by atoms with Crippen LogP contribution in [0, 0.1) is 0 Å². The molecule has 0 N–H and O–H groups in total. The van der Waals surface area contributed by atoms with Gasteiger partial charge in [0.25, 0.3) is 0 Å². The van der Waals surface area contributed by atoms with Crippen molar-refractivity contribution in [2.24, 2.45) is 0 Å². The average molecular weight is 352 g/mol. The van der Waals surface area contributed by atoms with E-state index < -0.39 is 5.97 Å². The monoisotopic (exact) mass is 352 g/mol. The third-order valence-electron chi connectivity index (χ3n) is 3.41. The van der Waals surface area contributed by atoms with Crippen LogP contribution in [0.25, 0.3) is 23.4 Å². The number of thiazole rings is 1. The van der Waals surface area contributed by atoms with Gasteiger partial charge in [-0.15, -0.1) is 23.1 Å². The molecule has 24 heavy (non-hydrogen) atoms. The zero-order valence-electron chi connectivity index (χ0n) is 12.9. The highest BCUT2D eigenvalue weighted by atomic mass is 32.2. The number of carbonyl (C=O) groups is 1. The van der Waals surface area contributed by atoms with E-state index in [1.54, 1.807) is 11.8 Å². The van der Waals surface area contributed by atoms with Gasteiger partial charge in [0.2, 0.25) is 0 Å². The molecule has 0 saturated heterocycles. The van der Waals surface area contributed by atoms with Crippen molar-refractivity contribution in [3.63, 3.8) is 0 Å². The van der Waals surface area contributed by atoms with Gasteiger partial charge in [-0.05, 0) is 30.0 Å². The van der Waals surface area contributed by atoms with Crippen LogP contribution in [0.15, 0.2) is 59.5 Å². The van der Waals surface area contributed by atoms with Gasteiger partial charge in [0, 0.05) is 10.5 Å². The van der Waals surface area contributed by atoms with E-state index in [1.165, 1.54) is 4.90 Å². The Labute approximate surface area is 148 Å². The molecule has 0 unspecified atom stereocenters. The van der Waals surface area contributed by atoms with Gasteiger partial charge in [0.05, 0.1) is 16.5 Å². The molecule has 0 atom stereocenters. The van der Waals surface area contributed by atoms with Crippen molar-refractivity contribution in [2.45, 2.75) is 4.90 Å². The summed E-state index contributed by atoms with van der Waals surface area (Å²) in [5.74, 6) is -1.20. The number of aromatic carboxylic acids is 1. The summed E-state index contributed by atoms with van der Waals surface area (Å²) in [6.45, 7) is 0. The fraction of sp³-hybridized carbons (Fsp3) is 0.0526. The molecule has 0 aliphatic heterocycles. The lowest BCUT2D eigenvalue weighted by Crippen LogP contribution is -2.21. The molecule has 1 aromatic heterocycles. The smallest absolute Gasteiger partial charge is 0.117 e. The van der Waals surface area contributed by atoms with E-state index in [4.69, 9.17) is 0 Å². The minimum Gasteiger partial charge on any atom is -0.544 e. The number of nitrogens with zero attached hydrogens (tertiary/aromatic N) is 1. The average Bonchev–Trinajstić information content (AvgIpc) is 3.06. The summed E-state index contributed by atoms with van der Waals surface area (Å²) in [6.07, 6.45) is 5.79. The molecule has 3 aromatic rings. The Hall–Kier alpha value is -2.37. The van der Waals surface area contributed by atoms with Gasteiger partial charge in [-0.1, -0.05) is 48.5 Å². The molecule has 0 radical (unpaired) electrons. The molecule has 0 aliphatic carbocycles. The maximum Gasteiger partial charge on any atom is 0.117 e. The van der Waals surface area contributed by atoms with Crippen molar-refractivity contribution in [1.82, 2.24) is 4.98 Å². The summed E-state index contributed by atoms with van der Waals surface area (Å²) in [4.78, 5) is 17.2. The summed E-state index contributed by atoms with van der Waals surface area (Å²) >= 11 is 2.82. The molecule has 0 aliphatic rings. The SMILES string of the molecule is CSc1ccc(/C=C/c2nc(-c3ccccc3)c(C(=O)[O-])s2)cc1. The minimum absolute atomic E-state index is 0.151. The highest BCUT2D eigenvalue weighted by Gasteiger charge is 2.12. The number of hydrogen-bond donors (Lipinski definition) is 0. The summed E-state index contributed by atoms with van der Waals surface area (Å²) < 4.78 is 0. The summed E-state index contributed by atoms with van der Waals surface area (Å²) in [5, 5.41) is 12.0. The third-order valence-corrected chi connectivity index (χ3v) is 5.15. The number of hydrogen-bond acceptors (Lipinski definition) is 5. The van der Waals surface area contributed by atoms with Gasteiger partial charge < -0.3 is 9.90 Å². The Balaban J connectivity index is 1.91. The number of carboxylic acids is 1. The lowest BCUT2D eigenvalue weighted by molar-refractivity contribution is -0.254. The van der Waals surface area contributed by atoms with E-state index in [2.05, 4.69) is 4.98 Å². The number of thioether (sulfide) groups is 1. The molecule has 0 amide bonds. The Morgan fingerprint density at radius 3 is 2.42 bits per heavy atom. The molecule has 0 saturated carbocycles. The van der Waals surface area contributed by atoms with Crippen LogP contribution in [0.3, 0.4) is 0 Å². The minimum atomic E-state index is -1.20. The van der Waals surface area contributed by atoms with E-state index in [0.29, 0.717) is 10.7 Å². The maximum atomic E-state index is 11.4. The van der Waals surface area contributed by atoms with Crippen LogP contribution in [0.2, 0.25) is 0 Å². The summed E-state index contributed by atoms with van der Waals surface area (Å²) in [6, 6.07) is 17.4. The molecule has 0 bridgehead atoms. The van der Waals surface area contributed by atoms with Gasteiger partial charge in [-0.25, -0.2) is 4.98 Å².